The fourth-order valence-electron chi connectivity index (χ4n) is 3.66. The van der Waals surface area contributed by atoms with E-state index in [1.807, 2.05) is 18.2 Å². The van der Waals surface area contributed by atoms with Crippen LogP contribution in [0.2, 0.25) is 0 Å². The van der Waals surface area contributed by atoms with Crippen molar-refractivity contribution >= 4 is 27.8 Å². The third kappa shape index (κ3) is 3.41. The molecule has 0 atom stereocenters. The van der Waals surface area contributed by atoms with Crippen LogP contribution in [0.15, 0.2) is 42.7 Å². The standard InChI is InChI=1S/C23H26N4O3/c1-5-27-12-18(16-10-14(30-4)6-7-20(16)27)19-11-17-15(8-9-24-21(17)25-19)22(29)26-23(2,3)13-28/h6-12,28H,5,13H2,1-4H3,(H,24,25)(H,26,29). The van der Waals surface area contributed by atoms with Crippen LogP contribution in [0.5, 0.6) is 5.75 Å². The molecule has 1 aromatic carbocycles. The van der Waals surface area contributed by atoms with Gasteiger partial charge in [-0.3, -0.25) is 4.79 Å². The van der Waals surface area contributed by atoms with Gasteiger partial charge in [0, 0.05) is 46.5 Å². The summed E-state index contributed by atoms with van der Waals surface area (Å²) in [6.07, 6.45) is 3.71. The molecule has 0 saturated heterocycles. The van der Waals surface area contributed by atoms with Crippen molar-refractivity contribution < 1.29 is 14.6 Å². The molecule has 3 heterocycles. The number of ether oxygens (including phenoxy) is 1. The average Bonchev–Trinajstić information content (AvgIpc) is 3.33. The van der Waals surface area contributed by atoms with Gasteiger partial charge in [-0.2, -0.15) is 0 Å². The SMILES string of the molecule is CCn1cc(-c2cc3c(C(=O)NC(C)(C)CO)ccnc3[nH]2)c2cc(OC)ccc21. The lowest BCUT2D eigenvalue weighted by molar-refractivity contribution is 0.0871. The number of aromatic amines is 1. The Kier molecular flexibility index (Phi) is 4.99. The molecule has 0 spiro atoms. The monoisotopic (exact) mass is 406 g/mol. The molecule has 0 saturated carbocycles. The summed E-state index contributed by atoms with van der Waals surface area (Å²) in [6, 6.07) is 9.68. The Labute approximate surface area is 174 Å². The number of hydrogen-bond donors (Lipinski definition) is 3. The molecule has 0 aliphatic rings. The van der Waals surface area contributed by atoms with Gasteiger partial charge in [-0.1, -0.05) is 0 Å². The second kappa shape index (κ2) is 7.50. The predicted molar refractivity (Wildman–Crippen MR) is 118 cm³/mol. The van der Waals surface area contributed by atoms with E-state index in [0.29, 0.717) is 11.2 Å². The minimum Gasteiger partial charge on any atom is -0.497 e. The van der Waals surface area contributed by atoms with Crippen LogP contribution < -0.4 is 10.1 Å². The minimum absolute atomic E-state index is 0.149. The maximum Gasteiger partial charge on any atom is 0.252 e. The van der Waals surface area contributed by atoms with Crippen LogP contribution in [0.4, 0.5) is 0 Å². The summed E-state index contributed by atoms with van der Waals surface area (Å²) in [6.45, 7) is 6.35. The summed E-state index contributed by atoms with van der Waals surface area (Å²) in [4.78, 5) is 20.6. The Morgan fingerprint density at radius 1 is 1.27 bits per heavy atom. The number of nitrogens with one attached hydrogen (secondary N) is 2. The zero-order chi connectivity index (χ0) is 21.5. The van der Waals surface area contributed by atoms with E-state index in [2.05, 4.69) is 39.0 Å². The average molecular weight is 406 g/mol. The van der Waals surface area contributed by atoms with E-state index in [1.54, 1.807) is 33.2 Å². The Bertz CT molecular complexity index is 1240. The van der Waals surface area contributed by atoms with E-state index in [-0.39, 0.29) is 12.5 Å². The molecule has 0 bridgehead atoms. The molecule has 0 aliphatic carbocycles. The van der Waals surface area contributed by atoms with E-state index >= 15 is 0 Å². The predicted octanol–water partition coefficient (Wildman–Crippen LogP) is 3.71. The number of carbonyl (C=O) groups excluding carboxylic acids is 1. The number of nitrogens with zero attached hydrogens (tertiary/aromatic N) is 2. The van der Waals surface area contributed by atoms with Crippen LogP contribution in [0.25, 0.3) is 33.2 Å². The van der Waals surface area contributed by atoms with Gasteiger partial charge in [-0.05, 0) is 51.1 Å². The number of amides is 1. The number of aliphatic hydroxyl groups is 1. The van der Waals surface area contributed by atoms with E-state index in [1.165, 1.54) is 0 Å². The van der Waals surface area contributed by atoms with Crippen LogP contribution in [0.3, 0.4) is 0 Å². The lowest BCUT2D eigenvalue weighted by atomic mass is 10.1. The second-order valence-electron chi connectivity index (χ2n) is 8.01. The van der Waals surface area contributed by atoms with Crippen molar-refractivity contribution in [3.8, 4) is 17.0 Å². The first-order valence-corrected chi connectivity index (χ1v) is 9.95. The molecule has 0 fully saturated rings. The number of H-pyrrole nitrogens is 1. The first-order valence-electron chi connectivity index (χ1n) is 9.95. The molecule has 0 unspecified atom stereocenters. The normalized spacial score (nSPS) is 11.9. The molecule has 1 amide bonds. The van der Waals surface area contributed by atoms with Crippen LogP contribution in [0.1, 0.15) is 31.1 Å². The third-order valence-electron chi connectivity index (χ3n) is 5.34. The van der Waals surface area contributed by atoms with E-state index < -0.39 is 5.54 Å². The van der Waals surface area contributed by atoms with E-state index in [9.17, 15) is 9.90 Å². The zero-order valence-electron chi connectivity index (χ0n) is 17.6. The number of pyridine rings is 1. The van der Waals surface area contributed by atoms with Gasteiger partial charge in [0.05, 0.1) is 24.8 Å². The Morgan fingerprint density at radius 2 is 2.07 bits per heavy atom. The van der Waals surface area contributed by atoms with Gasteiger partial charge in [-0.25, -0.2) is 4.98 Å². The number of methoxy groups -OCH3 is 1. The van der Waals surface area contributed by atoms with Gasteiger partial charge in [0.1, 0.15) is 11.4 Å². The largest absolute Gasteiger partial charge is 0.497 e. The van der Waals surface area contributed by atoms with Crippen LogP contribution in [-0.2, 0) is 6.54 Å². The summed E-state index contributed by atoms with van der Waals surface area (Å²) in [7, 11) is 1.66. The summed E-state index contributed by atoms with van der Waals surface area (Å²) in [5.41, 5.74) is 3.45. The maximum atomic E-state index is 12.8. The number of aliphatic hydroxyl groups excluding tert-OH is 1. The van der Waals surface area contributed by atoms with Crippen molar-refractivity contribution in [1.29, 1.82) is 0 Å². The van der Waals surface area contributed by atoms with Crippen LogP contribution in [0, 0.1) is 0 Å². The smallest absolute Gasteiger partial charge is 0.252 e. The van der Waals surface area contributed by atoms with Crippen LogP contribution >= 0.6 is 0 Å². The minimum atomic E-state index is -0.711. The highest BCUT2D eigenvalue weighted by molar-refractivity contribution is 6.08. The van der Waals surface area contributed by atoms with Gasteiger partial charge in [0.2, 0.25) is 0 Å². The summed E-state index contributed by atoms with van der Waals surface area (Å²) in [5.74, 6) is 0.544. The quantitative estimate of drug-likeness (QED) is 0.455. The number of aryl methyl sites for hydroxylation is 1. The van der Waals surface area contributed by atoms with Gasteiger partial charge in [-0.15, -0.1) is 0 Å². The van der Waals surface area contributed by atoms with Gasteiger partial charge in [0.15, 0.2) is 0 Å². The number of hydrogen-bond acceptors (Lipinski definition) is 4. The number of fused-ring (bicyclic) bond motifs is 2. The molecular weight excluding hydrogens is 380 g/mol. The molecule has 0 radical (unpaired) electrons. The Morgan fingerprint density at radius 3 is 2.77 bits per heavy atom. The fraction of sp³-hybridized carbons (Fsp3) is 0.304. The molecular formula is C23H26N4O3. The lowest BCUT2D eigenvalue weighted by Gasteiger charge is -2.23. The fourth-order valence-corrected chi connectivity index (χ4v) is 3.66. The van der Waals surface area contributed by atoms with Crippen molar-refractivity contribution in [2.45, 2.75) is 32.9 Å². The third-order valence-corrected chi connectivity index (χ3v) is 5.34. The van der Waals surface area contributed by atoms with Crippen molar-refractivity contribution in [3.05, 3.63) is 48.3 Å². The summed E-state index contributed by atoms with van der Waals surface area (Å²) in [5, 5.41) is 14.1. The molecule has 30 heavy (non-hydrogen) atoms. The molecule has 4 aromatic rings. The van der Waals surface area contributed by atoms with E-state index in [0.717, 1.165) is 39.8 Å². The van der Waals surface area contributed by atoms with Crippen molar-refractivity contribution in [2.24, 2.45) is 0 Å². The van der Waals surface area contributed by atoms with Crippen LogP contribution in [-0.4, -0.2) is 44.8 Å². The van der Waals surface area contributed by atoms with Gasteiger partial charge >= 0.3 is 0 Å². The molecule has 156 valence electrons. The zero-order valence-corrected chi connectivity index (χ0v) is 17.6. The maximum absolute atomic E-state index is 12.8. The molecule has 4 rings (SSSR count). The summed E-state index contributed by atoms with van der Waals surface area (Å²) < 4.78 is 7.60. The number of aromatic nitrogens is 3. The van der Waals surface area contributed by atoms with Gasteiger partial charge in [0.25, 0.3) is 5.91 Å². The topological polar surface area (TPSA) is 92.2 Å². The Balaban J connectivity index is 1.85. The van der Waals surface area contributed by atoms with Crippen molar-refractivity contribution in [1.82, 2.24) is 19.9 Å². The number of benzene rings is 1. The number of carbonyl (C=O) groups is 1. The van der Waals surface area contributed by atoms with Gasteiger partial charge < -0.3 is 24.7 Å². The Hall–Kier alpha value is -3.32. The first-order chi connectivity index (χ1) is 14.4. The molecule has 3 N–H and O–H groups in total. The van der Waals surface area contributed by atoms with Crippen molar-refractivity contribution in [3.63, 3.8) is 0 Å². The molecule has 7 heteroatoms. The molecule has 3 aromatic heterocycles. The van der Waals surface area contributed by atoms with E-state index in [4.69, 9.17) is 4.74 Å². The molecule has 0 aliphatic heterocycles. The highest BCUT2D eigenvalue weighted by Gasteiger charge is 2.22. The highest BCUT2D eigenvalue weighted by Crippen LogP contribution is 2.34. The number of rotatable bonds is 6. The first kappa shape index (κ1) is 20.0. The second-order valence-corrected chi connectivity index (χ2v) is 8.01. The highest BCUT2D eigenvalue weighted by atomic mass is 16.5. The molecule has 7 nitrogen and oxygen atoms in total. The lowest BCUT2D eigenvalue weighted by Crippen LogP contribution is -2.46. The van der Waals surface area contributed by atoms with Crippen molar-refractivity contribution in [2.75, 3.05) is 13.7 Å². The summed E-state index contributed by atoms with van der Waals surface area (Å²) >= 11 is 0.